The van der Waals surface area contributed by atoms with Gasteiger partial charge in [0.25, 0.3) is 5.91 Å². The fraction of sp³-hybridized carbons (Fsp3) is 0.259. The van der Waals surface area contributed by atoms with Gasteiger partial charge in [0, 0.05) is 42.3 Å². The number of nitriles is 1. The number of aryl methyl sites for hydroxylation is 1. The summed E-state index contributed by atoms with van der Waals surface area (Å²) in [6.45, 7) is 3.34. The number of benzene rings is 2. The standard InChI is InChI=1S/C27H27ClFN7O3/c1-2-17-15-18(3-4-19(17)27(37)33-10-14-38-12-7-30)35-25-26-34-16-21(36(26)11-9-32-25)20-5-6-22(39-13-8-31)24(29)23(20)28/h3-6,9,11,15-16H,2,7,10,12-14,30H2,1H3,(H,32,35)(H,33,37). The number of hydrogen-bond donors (Lipinski definition) is 3. The summed E-state index contributed by atoms with van der Waals surface area (Å²) in [6.07, 6.45) is 5.50. The summed E-state index contributed by atoms with van der Waals surface area (Å²) >= 11 is 6.31. The number of aromatic nitrogens is 3. The third-order valence-electron chi connectivity index (χ3n) is 5.83. The highest BCUT2D eigenvalue weighted by molar-refractivity contribution is 6.33. The molecule has 0 fully saturated rings. The number of ether oxygens (including phenoxy) is 2. The van der Waals surface area contributed by atoms with Gasteiger partial charge in [-0.25, -0.2) is 14.4 Å². The van der Waals surface area contributed by atoms with E-state index < -0.39 is 5.82 Å². The van der Waals surface area contributed by atoms with Crippen LogP contribution >= 0.6 is 11.6 Å². The predicted molar refractivity (Wildman–Crippen MR) is 146 cm³/mol. The number of nitrogens with one attached hydrogen (secondary N) is 2. The summed E-state index contributed by atoms with van der Waals surface area (Å²) < 4.78 is 26.9. The van der Waals surface area contributed by atoms with E-state index in [1.165, 1.54) is 6.07 Å². The van der Waals surface area contributed by atoms with Crippen molar-refractivity contribution in [3.63, 3.8) is 0 Å². The van der Waals surface area contributed by atoms with Gasteiger partial charge in [-0.05, 0) is 42.3 Å². The van der Waals surface area contributed by atoms with Gasteiger partial charge in [-0.15, -0.1) is 0 Å². The van der Waals surface area contributed by atoms with Gasteiger partial charge >= 0.3 is 0 Å². The molecule has 2 aromatic heterocycles. The second kappa shape index (κ2) is 13.0. The van der Waals surface area contributed by atoms with Gasteiger partial charge in [-0.2, -0.15) is 5.26 Å². The minimum absolute atomic E-state index is 0.105. The molecule has 0 spiro atoms. The van der Waals surface area contributed by atoms with Crippen LogP contribution in [0, 0.1) is 17.1 Å². The molecule has 0 radical (unpaired) electrons. The van der Waals surface area contributed by atoms with Crippen molar-refractivity contribution in [2.45, 2.75) is 13.3 Å². The molecule has 202 valence electrons. The van der Waals surface area contributed by atoms with Crippen LogP contribution in [0.15, 0.2) is 48.9 Å². The van der Waals surface area contributed by atoms with Gasteiger partial charge < -0.3 is 25.8 Å². The summed E-state index contributed by atoms with van der Waals surface area (Å²) in [5.74, 6) is -0.579. The van der Waals surface area contributed by atoms with E-state index >= 15 is 0 Å². The second-order valence-electron chi connectivity index (χ2n) is 8.31. The van der Waals surface area contributed by atoms with Crippen LogP contribution in [0.2, 0.25) is 5.02 Å². The van der Waals surface area contributed by atoms with Gasteiger partial charge in [0.15, 0.2) is 29.6 Å². The molecule has 0 bridgehead atoms. The molecule has 0 saturated carbocycles. The third-order valence-corrected chi connectivity index (χ3v) is 6.20. The topological polar surface area (TPSA) is 140 Å². The number of anilines is 2. The lowest BCUT2D eigenvalue weighted by Gasteiger charge is -2.13. The average Bonchev–Trinajstić information content (AvgIpc) is 3.38. The Morgan fingerprint density at radius 2 is 2.10 bits per heavy atom. The van der Waals surface area contributed by atoms with Crippen molar-refractivity contribution in [1.82, 2.24) is 19.7 Å². The van der Waals surface area contributed by atoms with Crippen molar-refractivity contribution < 1.29 is 18.7 Å². The molecule has 0 saturated heterocycles. The number of nitrogens with two attached hydrogens (primary N) is 1. The number of amides is 1. The number of carbonyl (C=O) groups is 1. The number of nitrogens with zero attached hydrogens (tertiary/aromatic N) is 4. The maximum Gasteiger partial charge on any atom is 0.251 e. The zero-order valence-corrected chi connectivity index (χ0v) is 22.0. The number of rotatable bonds is 12. The van der Waals surface area contributed by atoms with Gasteiger partial charge in [0.1, 0.15) is 6.07 Å². The van der Waals surface area contributed by atoms with Crippen LogP contribution < -0.4 is 21.1 Å². The molecule has 4 N–H and O–H groups in total. The molecule has 10 nitrogen and oxygen atoms in total. The van der Waals surface area contributed by atoms with E-state index in [0.29, 0.717) is 61.0 Å². The quantitative estimate of drug-likeness (QED) is 0.224. The Morgan fingerprint density at radius 3 is 2.87 bits per heavy atom. The Labute approximate surface area is 229 Å². The molecule has 2 aromatic carbocycles. The first-order valence-electron chi connectivity index (χ1n) is 12.2. The number of fused-ring (bicyclic) bond motifs is 1. The molecule has 0 aliphatic rings. The van der Waals surface area contributed by atoms with E-state index in [9.17, 15) is 9.18 Å². The third kappa shape index (κ3) is 6.26. The maximum atomic E-state index is 14.8. The van der Waals surface area contributed by atoms with Crippen molar-refractivity contribution in [2.24, 2.45) is 5.73 Å². The van der Waals surface area contributed by atoms with Crippen LogP contribution in [-0.2, 0) is 11.2 Å². The Morgan fingerprint density at radius 1 is 1.26 bits per heavy atom. The van der Waals surface area contributed by atoms with Gasteiger partial charge in [-0.1, -0.05) is 18.5 Å². The highest BCUT2D eigenvalue weighted by Crippen LogP contribution is 2.36. The Kier molecular flexibility index (Phi) is 9.27. The van der Waals surface area contributed by atoms with Crippen LogP contribution in [0.4, 0.5) is 15.9 Å². The Hall–Kier alpha value is -4.24. The molecule has 1 amide bonds. The fourth-order valence-electron chi connectivity index (χ4n) is 4.00. The molecule has 4 rings (SSSR count). The van der Waals surface area contributed by atoms with E-state index in [1.807, 2.05) is 13.0 Å². The average molecular weight is 552 g/mol. The molecule has 0 aliphatic carbocycles. The largest absolute Gasteiger partial charge is 0.476 e. The van der Waals surface area contributed by atoms with Crippen molar-refractivity contribution >= 4 is 34.7 Å². The smallest absolute Gasteiger partial charge is 0.251 e. The van der Waals surface area contributed by atoms with E-state index in [-0.39, 0.29) is 23.3 Å². The van der Waals surface area contributed by atoms with Crippen LogP contribution in [0.25, 0.3) is 16.9 Å². The van der Waals surface area contributed by atoms with E-state index in [0.717, 1.165) is 11.3 Å². The van der Waals surface area contributed by atoms with E-state index in [2.05, 4.69) is 20.6 Å². The molecule has 2 heterocycles. The predicted octanol–water partition coefficient (Wildman–Crippen LogP) is 4.10. The summed E-state index contributed by atoms with van der Waals surface area (Å²) in [6, 6.07) is 10.3. The summed E-state index contributed by atoms with van der Waals surface area (Å²) in [5.41, 5.74) is 9.00. The van der Waals surface area contributed by atoms with Crippen molar-refractivity contribution in [3.8, 4) is 23.1 Å². The van der Waals surface area contributed by atoms with Crippen molar-refractivity contribution in [1.29, 1.82) is 5.26 Å². The number of halogens is 2. The highest BCUT2D eigenvalue weighted by atomic mass is 35.5. The van der Waals surface area contributed by atoms with Crippen molar-refractivity contribution in [3.05, 3.63) is 70.9 Å². The summed E-state index contributed by atoms with van der Waals surface area (Å²) in [4.78, 5) is 21.6. The molecule has 0 atom stereocenters. The first-order chi connectivity index (χ1) is 19.0. The van der Waals surface area contributed by atoms with Gasteiger partial charge in [0.05, 0.1) is 30.1 Å². The molecule has 0 unspecified atom stereocenters. The minimum atomic E-state index is -0.758. The fourth-order valence-corrected chi connectivity index (χ4v) is 4.25. The first-order valence-corrected chi connectivity index (χ1v) is 12.6. The molecular formula is C27H27ClFN7O3. The lowest BCUT2D eigenvalue weighted by atomic mass is 10.0. The normalized spacial score (nSPS) is 10.8. The van der Waals surface area contributed by atoms with Crippen LogP contribution in [-0.4, -0.2) is 53.2 Å². The second-order valence-corrected chi connectivity index (χ2v) is 8.68. The monoisotopic (exact) mass is 551 g/mol. The van der Waals surface area contributed by atoms with Crippen LogP contribution in [0.1, 0.15) is 22.8 Å². The van der Waals surface area contributed by atoms with Crippen molar-refractivity contribution in [2.75, 3.05) is 38.2 Å². The molecule has 39 heavy (non-hydrogen) atoms. The zero-order valence-electron chi connectivity index (χ0n) is 21.2. The Balaban J connectivity index is 1.56. The molecular weight excluding hydrogens is 525 g/mol. The number of hydrogen-bond acceptors (Lipinski definition) is 8. The SMILES string of the molecule is CCc1cc(Nc2nccn3c(-c4ccc(OCC#N)c(F)c4Cl)cnc23)ccc1C(=O)NCCOCCN. The molecule has 4 aromatic rings. The van der Waals surface area contributed by atoms with Gasteiger partial charge in [0.2, 0.25) is 0 Å². The van der Waals surface area contributed by atoms with Crippen LogP contribution in [0.3, 0.4) is 0 Å². The maximum absolute atomic E-state index is 14.8. The molecule has 12 heteroatoms. The van der Waals surface area contributed by atoms with Crippen LogP contribution in [0.5, 0.6) is 5.75 Å². The Bertz CT molecular complexity index is 1520. The minimum Gasteiger partial charge on any atom is -0.476 e. The lowest BCUT2D eigenvalue weighted by molar-refractivity contribution is 0.0919. The summed E-state index contributed by atoms with van der Waals surface area (Å²) in [7, 11) is 0. The zero-order chi connectivity index (χ0) is 27.8. The lowest BCUT2D eigenvalue weighted by Crippen LogP contribution is -2.28. The first kappa shape index (κ1) is 27.8. The highest BCUT2D eigenvalue weighted by Gasteiger charge is 2.19. The van der Waals surface area contributed by atoms with E-state index in [1.54, 1.807) is 47.3 Å². The van der Waals surface area contributed by atoms with Gasteiger partial charge in [-0.3, -0.25) is 9.20 Å². The summed E-state index contributed by atoms with van der Waals surface area (Å²) in [5, 5.41) is 14.7. The molecule has 0 aliphatic heterocycles. The number of imidazole rings is 1. The number of carbonyl (C=O) groups excluding carboxylic acids is 1. The van der Waals surface area contributed by atoms with E-state index in [4.69, 9.17) is 32.1 Å².